The van der Waals surface area contributed by atoms with Gasteiger partial charge in [0.1, 0.15) is 16.5 Å². The number of halogens is 1. The first kappa shape index (κ1) is 18.1. The zero-order valence-corrected chi connectivity index (χ0v) is 15.7. The number of hydrogen-bond acceptors (Lipinski definition) is 6. The van der Waals surface area contributed by atoms with Crippen molar-refractivity contribution in [3.63, 3.8) is 0 Å². The average Bonchev–Trinajstić information content (AvgIpc) is 3.15. The van der Waals surface area contributed by atoms with Gasteiger partial charge in [0.2, 0.25) is 0 Å². The topological polar surface area (TPSA) is 61.3 Å². The van der Waals surface area contributed by atoms with Gasteiger partial charge >= 0.3 is 0 Å². The predicted molar refractivity (Wildman–Crippen MR) is 103 cm³/mol. The minimum atomic E-state index is -0.237. The first-order valence-corrected chi connectivity index (χ1v) is 8.89. The molecule has 0 saturated carbocycles. The predicted octanol–water partition coefficient (Wildman–Crippen LogP) is 4.77. The van der Waals surface area contributed by atoms with Gasteiger partial charge in [0, 0.05) is 17.6 Å². The number of carbonyl (C=O) groups excluding carboxylic acids is 1. The molecule has 7 heteroatoms. The fraction of sp³-hybridized carbons (Fsp3) is 0.105. The molecule has 0 N–H and O–H groups in total. The van der Waals surface area contributed by atoms with E-state index < -0.39 is 0 Å². The Morgan fingerprint density at radius 2 is 2.00 bits per heavy atom. The first-order valence-electron chi connectivity index (χ1n) is 7.63. The smallest absolute Gasteiger partial charge is 0.189 e. The highest BCUT2D eigenvalue weighted by Gasteiger charge is 2.14. The molecule has 0 aliphatic rings. The fourth-order valence-corrected chi connectivity index (χ4v) is 3.28. The van der Waals surface area contributed by atoms with E-state index in [1.54, 1.807) is 18.3 Å². The summed E-state index contributed by atoms with van der Waals surface area (Å²) in [5.41, 5.74) is 1.84. The number of rotatable bonds is 6. The number of pyridine rings is 1. The van der Waals surface area contributed by atoms with E-state index in [1.165, 1.54) is 37.7 Å². The van der Waals surface area contributed by atoms with Crippen molar-refractivity contribution in [3.8, 4) is 22.2 Å². The summed E-state index contributed by atoms with van der Waals surface area (Å²) in [5, 5.41) is 3.00. The number of allylic oxidation sites excluding steroid dienone is 1. The zero-order chi connectivity index (χ0) is 18.5. The molecular weight excluding hydrogens is 372 g/mol. The molecule has 3 rings (SSSR count). The number of thiazole rings is 1. The summed E-state index contributed by atoms with van der Waals surface area (Å²) in [5.74, 6) is 0.607. The van der Waals surface area contributed by atoms with Gasteiger partial charge in [0.05, 0.1) is 36.2 Å². The monoisotopic (exact) mass is 386 g/mol. The fourth-order valence-electron chi connectivity index (χ4n) is 2.27. The summed E-state index contributed by atoms with van der Waals surface area (Å²) in [6, 6.07) is 8.77. The lowest BCUT2D eigenvalue weighted by Crippen LogP contribution is -2.00. The molecule has 2 aromatic heterocycles. The molecule has 0 radical (unpaired) electrons. The van der Waals surface area contributed by atoms with E-state index in [1.807, 2.05) is 23.6 Å². The van der Waals surface area contributed by atoms with Crippen LogP contribution in [0.1, 0.15) is 16.1 Å². The molecule has 0 fully saturated rings. The molecule has 0 unspecified atom stereocenters. The van der Waals surface area contributed by atoms with Gasteiger partial charge in [-0.15, -0.1) is 11.3 Å². The van der Waals surface area contributed by atoms with Gasteiger partial charge in [-0.25, -0.2) is 4.98 Å². The van der Waals surface area contributed by atoms with Crippen LogP contribution in [0.25, 0.3) is 16.8 Å². The molecule has 0 aliphatic carbocycles. The minimum Gasteiger partial charge on any atom is -0.496 e. The normalized spacial score (nSPS) is 10.9. The molecule has 5 nitrogen and oxygen atoms in total. The van der Waals surface area contributed by atoms with Gasteiger partial charge in [-0.2, -0.15) is 0 Å². The Bertz CT molecular complexity index is 955. The quantitative estimate of drug-likeness (QED) is 0.451. The molecule has 26 heavy (non-hydrogen) atoms. The number of benzene rings is 1. The number of nitrogens with zero attached hydrogens (tertiary/aromatic N) is 2. The molecule has 0 saturated heterocycles. The molecule has 0 atom stereocenters. The van der Waals surface area contributed by atoms with Crippen LogP contribution in [0.3, 0.4) is 0 Å². The van der Waals surface area contributed by atoms with Gasteiger partial charge < -0.3 is 9.47 Å². The van der Waals surface area contributed by atoms with Gasteiger partial charge in [-0.3, -0.25) is 9.78 Å². The highest BCUT2D eigenvalue weighted by atomic mass is 35.5. The Morgan fingerprint density at radius 3 is 2.69 bits per heavy atom. The van der Waals surface area contributed by atoms with Crippen LogP contribution in [0, 0.1) is 0 Å². The van der Waals surface area contributed by atoms with E-state index in [2.05, 4.69) is 9.97 Å². The van der Waals surface area contributed by atoms with E-state index in [4.69, 9.17) is 21.1 Å². The van der Waals surface area contributed by atoms with Crippen molar-refractivity contribution in [1.82, 2.24) is 9.97 Å². The molecular formula is C19H15ClN2O3S. The molecule has 132 valence electrons. The summed E-state index contributed by atoms with van der Waals surface area (Å²) >= 11 is 7.58. The lowest BCUT2D eigenvalue weighted by atomic mass is 10.1. The van der Waals surface area contributed by atoms with Gasteiger partial charge in [0.15, 0.2) is 5.78 Å². The van der Waals surface area contributed by atoms with Crippen molar-refractivity contribution >= 4 is 34.8 Å². The highest BCUT2D eigenvalue weighted by Crippen LogP contribution is 2.33. The number of hydrogen-bond donors (Lipinski definition) is 0. The lowest BCUT2D eigenvalue weighted by Gasteiger charge is -2.09. The summed E-state index contributed by atoms with van der Waals surface area (Å²) in [7, 11) is 2.99. The number of carbonyl (C=O) groups is 1. The van der Waals surface area contributed by atoms with Crippen molar-refractivity contribution in [3.05, 3.63) is 64.3 Å². The van der Waals surface area contributed by atoms with Crippen LogP contribution in [0.5, 0.6) is 11.5 Å². The van der Waals surface area contributed by atoms with E-state index in [0.717, 1.165) is 10.7 Å². The summed E-state index contributed by atoms with van der Waals surface area (Å²) < 4.78 is 10.4. The largest absolute Gasteiger partial charge is 0.496 e. The van der Waals surface area contributed by atoms with E-state index >= 15 is 0 Å². The third-order valence-electron chi connectivity index (χ3n) is 3.55. The first-order chi connectivity index (χ1) is 12.6. The third-order valence-corrected chi connectivity index (χ3v) is 4.73. The molecule has 0 amide bonds. The summed E-state index contributed by atoms with van der Waals surface area (Å²) in [6.07, 6.45) is 4.82. The maximum absolute atomic E-state index is 12.5. The van der Waals surface area contributed by atoms with E-state index in [0.29, 0.717) is 27.8 Å². The summed E-state index contributed by atoms with van der Waals surface area (Å²) in [4.78, 5) is 21.3. The Kier molecular flexibility index (Phi) is 5.65. The maximum atomic E-state index is 12.5. The van der Waals surface area contributed by atoms with Crippen molar-refractivity contribution in [2.75, 3.05) is 14.2 Å². The molecule has 1 aromatic carbocycles. The molecule has 0 aliphatic heterocycles. The van der Waals surface area contributed by atoms with E-state index in [-0.39, 0.29) is 5.78 Å². The average molecular weight is 387 g/mol. The summed E-state index contributed by atoms with van der Waals surface area (Å²) in [6.45, 7) is 0. The highest BCUT2D eigenvalue weighted by molar-refractivity contribution is 7.13. The van der Waals surface area contributed by atoms with Crippen LogP contribution in [-0.4, -0.2) is 30.0 Å². The number of methoxy groups -OCH3 is 2. The van der Waals surface area contributed by atoms with Gasteiger partial charge in [0.25, 0.3) is 0 Å². The van der Waals surface area contributed by atoms with Crippen molar-refractivity contribution < 1.29 is 14.3 Å². The van der Waals surface area contributed by atoms with Crippen molar-refractivity contribution in [1.29, 1.82) is 0 Å². The van der Waals surface area contributed by atoms with Crippen LogP contribution >= 0.6 is 22.9 Å². The van der Waals surface area contributed by atoms with Crippen LogP contribution in [0.4, 0.5) is 0 Å². The van der Waals surface area contributed by atoms with Crippen molar-refractivity contribution in [2.24, 2.45) is 0 Å². The zero-order valence-electron chi connectivity index (χ0n) is 14.1. The standard InChI is InChI=1S/C19H15ClN2O3S/c1-24-17-10-18(25-2)14(20)9-13(17)16(23)7-6-12-11-26-19(22-12)15-5-3-4-8-21-15/h3-11H,1-2H3/b7-6+. The van der Waals surface area contributed by atoms with E-state index in [9.17, 15) is 4.79 Å². The van der Waals surface area contributed by atoms with Gasteiger partial charge in [-0.1, -0.05) is 17.7 Å². The Balaban J connectivity index is 1.82. The number of aromatic nitrogens is 2. The number of ether oxygens (including phenoxy) is 2. The molecule has 0 bridgehead atoms. The Hall–Kier alpha value is -2.70. The second-order valence-electron chi connectivity index (χ2n) is 5.18. The van der Waals surface area contributed by atoms with Crippen LogP contribution in [0.2, 0.25) is 5.02 Å². The SMILES string of the molecule is COc1cc(OC)c(C(=O)/C=C/c2csc(-c3ccccn3)n2)cc1Cl. The Morgan fingerprint density at radius 1 is 1.19 bits per heavy atom. The second-order valence-corrected chi connectivity index (χ2v) is 6.44. The second kappa shape index (κ2) is 8.12. The van der Waals surface area contributed by atoms with Crippen LogP contribution < -0.4 is 9.47 Å². The third kappa shape index (κ3) is 3.92. The van der Waals surface area contributed by atoms with Gasteiger partial charge in [-0.05, 0) is 30.4 Å². The lowest BCUT2D eigenvalue weighted by molar-refractivity contribution is 0.104. The molecule has 0 spiro atoms. The molecule has 3 aromatic rings. The van der Waals surface area contributed by atoms with Crippen LogP contribution in [-0.2, 0) is 0 Å². The number of ketones is 1. The Labute approximate surface area is 159 Å². The maximum Gasteiger partial charge on any atom is 0.189 e. The van der Waals surface area contributed by atoms with Crippen molar-refractivity contribution in [2.45, 2.75) is 0 Å². The minimum absolute atomic E-state index is 0.237. The van der Waals surface area contributed by atoms with Crippen LogP contribution in [0.15, 0.2) is 48.0 Å². The molecule has 2 heterocycles.